The van der Waals surface area contributed by atoms with Crippen LogP contribution in [0.5, 0.6) is 0 Å². The predicted octanol–water partition coefficient (Wildman–Crippen LogP) is 4.45. The highest BCUT2D eigenvalue weighted by atomic mass is 32.2. The summed E-state index contributed by atoms with van der Waals surface area (Å²) in [6.45, 7) is 4.79. The highest BCUT2D eigenvalue weighted by Gasteiger charge is 2.41. The molecule has 1 saturated heterocycles. The number of carbonyl (C=O) groups is 3. The number of rotatable bonds is 7. The standard InChI is InChI=1S/C32H32N6O3S/c1-22-9-5-7-13-25(22)33-28(39)21-42-32-35-26-14-8-6-12-24(26)30-34-27(31(41)38(30)32)15-16-29(40)37-19-17-36(18-20-37)23-10-3-2-4-11-23/h2-14,27H,15-21H2,1H3,(H,33,39)/t27-/m1/s1. The molecule has 0 radical (unpaired) electrons. The zero-order valence-corrected chi connectivity index (χ0v) is 24.2. The molecule has 0 aromatic heterocycles. The van der Waals surface area contributed by atoms with Gasteiger partial charge >= 0.3 is 0 Å². The number of hydrogen-bond donors (Lipinski definition) is 1. The fourth-order valence-corrected chi connectivity index (χ4v) is 6.19. The van der Waals surface area contributed by atoms with E-state index in [1.807, 2.05) is 78.6 Å². The number of carbonyl (C=O) groups excluding carboxylic acids is 3. The van der Waals surface area contributed by atoms with Crippen LogP contribution in [0.4, 0.5) is 17.1 Å². The van der Waals surface area contributed by atoms with Crippen molar-refractivity contribution in [2.75, 3.05) is 42.1 Å². The average molecular weight is 581 g/mol. The molecule has 0 spiro atoms. The molecule has 3 aliphatic heterocycles. The van der Waals surface area contributed by atoms with Crippen molar-refractivity contribution in [3.05, 3.63) is 90.0 Å². The largest absolute Gasteiger partial charge is 0.368 e. The molecule has 3 aromatic carbocycles. The highest BCUT2D eigenvalue weighted by Crippen LogP contribution is 2.34. The minimum absolute atomic E-state index is 0.0390. The molecule has 1 atom stereocenters. The number of para-hydroxylation sites is 3. The van der Waals surface area contributed by atoms with Crippen molar-refractivity contribution in [1.82, 2.24) is 9.80 Å². The fourth-order valence-electron chi connectivity index (χ4n) is 5.39. The summed E-state index contributed by atoms with van der Waals surface area (Å²) in [5, 5.41) is 3.35. The van der Waals surface area contributed by atoms with E-state index in [1.54, 1.807) is 0 Å². The van der Waals surface area contributed by atoms with Crippen molar-refractivity contribution in [2.45, 2.75) is 25.8 Å². The first-order valence-corrected chi connectivity index (χ1v) is 15.1. The summed E-state index contributed by atoms with van der Waals surface area (Å²) >= 11 is 1.20. The van der Waals surface area contributed by atoms with E-state index >= 15 is 0 Å². The number of amidine groups is 2. The SMILES string of the molecule is Cc1ccccc1NC(=O)CSC1=Nc2ccccc2C2=N[C@H](CCC(=O)N3CCN(c4ccccc4)CC3)C(=O)N12. The molecule has 1 N–H and O–H groups in total. The van der Waals surface area contributed by atoms with Crippen molar-refractivity contribution in [3.8, 4) is 0 Å². The molecule has 6 rings (SSSR count). The van der Waals surface area contributed by atoms with Gasteiger partial charge in [-0.15, -0.1) is 0 Å². The molecule has 1 fully saturated rings. The molecule has 3 heterocycles. The van der Waals surface area contributed by atoms with E-state index in [2.05, 4.69) is 22.3 Å². The van der Waals surface area contributed by atoms with Gasteiger partial charge in [-0.25, -0.2) is 9.89 Å². The van der Waals surface area contributed by atoms with Crippen LogP contribution in [-0.4, -0.2) is 76.5 Å². The minimum Gasteiger partial charge on any atom is -0.368 e. The molecule has 214 valence electrons. The lowest BCUT2D eigenvalue weighted by molar-refractivity contribution is -0.132. The fraction of sp³-hybridized carbons (Fsp3) is 0.281. The Balaban J connectivity index is 1.09. The Morgan fingerprint density at radius 2 is 1.64 bits per heavy atom. The Hall–Kier alpha value is -4.44. The van der Waals surface area contributed by atoms with Crippen molar-refractivity contribution in [1.29, 1.82) is 0 Å². The quantitative estimate of drug-likeness (QED) is 0.445. The first-order chi connectivity index (χ1) is 20.5. The van der Waals surface area contributed by atoms with Crippen molar-refractivity contribution >= 4 is 57.5 Å². The number of amides is 3. The molecule has 3 aliphatic rings. The molecule has 0 unspecified atom stereocenters. The topological polar surface area (TPSA) is 97.7 Å². The van der Waals surface area contributed by atoms with E-state index < -0.39 is 6.04 Å². The van der Waals surface area contributed by atoms with Gasteiger partial charge in [-0.3, -0.25) is 19.4 Å². The monoisotopic (exact) mass is 580 g/mol. The van der Waals surface area contributed by atoms with E-state index in [0.29, 0.717) is 36.2 Å². The summed E-state index contributed by atoms with van der Waals surface area (Å²) in [6.07, 6.45) is 0.566. The third kappa shape index (κ3) is 5.80. The Bertz CT molecular complexity index is 1570. The average Bonchev–Trinajstić information content (AvgIpc) is 3.36. The van der Waals surface area contributed by atoms with E-state index in [9.17, 15) is 14.4 Å². The van der Waals surface area contributed by atoms with Crippen LogP contribution in [-0.2, 0) is 14.4 Å². The van der Waals surface area contributed by atoms with E-state index in [-0.39, 0.29) is 29.9 Å². The third-order valence-corrected chi connectivity index (χ3v) is 8.62. The number of aryl methyl sites for hydroxylation is 1. The maximum absolute atomic E-state index is 13.6. The Morgan fingerprint density at radius 1 is 0.929 bits per heavy atom. The smallest absolute Gasteiger partial charge is 0.259 e. The first kappa shape index (κ1) is 27.7. The molecule has 3 aromatic rings. The van der Waals surface area contributed by atoms with Gasteiger partial charge in [0.05, 0.1) is 11.4 Å². The Labute approximate surface area is 249 Å². The molecule has 9 nitrogen and oxygen atoms in total. The van der Waals surface area contributed by atoms with E-state index in [0.717, 1.165) is 35.6 Å². The summed E-state index contributed by atoms with van der Waals surface area (Å²) < 4.78 is 0. The number of anilines is 2. The summed E-state index contributed by atoms with van der Waals surface area (Å²) in [7, 11) is 0. The minimum atomic E-state index is -0.674. The van der Waals surface area contributed by atoms with Gasteiger partial charge in [0, 0.05) is 49.5 Å². The number of hydrogen-bond acceptors (Lipinski definition) is 7. The van der Waals surface area contributed by atoms with Crippen molar-refractivity contribution in [3.63, 3.8) is 0 Å². The molecular formula is C32H32N6O3S. The first-order valence-electron chi connectivity index (χ1n) is 14.1. The maximum Gasteiger partial charge on any atom is 0.259 e. The van der Waals surface area contributed by atoms with Crippen LogP contribution in [0, 0.1) is 6.92 Å². The van der Waals surface area contributed by atoms with Gasteiger partial charge in [0.1, 0.15) is 11.9 Å². The van der Waals surface area contributed by atoms with Crippen LogP contribution >= 0.6 is 11.8 Å². The van der Waals surface area contributed by atoms with Gasteiger partial charge in [0.25, 0.3) is 5.91 Å². The van der Waals surface area contributed by atoms with Crippen LogP contribution in [0.2, 0.25) is 0 Å². The lowest BCUT2D eigenvalue weighted by Gasteiger charge is -2.36. The van der Waals surface area contributed by atoms with Crippen molar-refractivity contribution < 1.29 is 14.4 Å². The molecule has 0 saturated carbocycles. The summed E-state index contributed by atoms with van der Waals surface area (Å²) in [6, 6.07) is 24.7. The van der Waals surface area contributed by atoms with Crippen LogP contribution in [0.25, 0.3) is 0 Å². The zero-order chi connectivity index (χ0) is 29.1. The number of benzene rings is 3. The molecule has 0 bridgehead atoms. The number of piperazine rings is 1. The summed E-state index contributed by atoms with van der Waals surface area (Å²) in [4.78, 5) is 54.6. The second kappa shape index (κ2) is 12.2. The molecule has 42 heavy (non-hydrogen) atoms. The van der Waals surface area contributed by atoms with Gasteiger partial charge in [0.2, 0.25) is 11.8 Å². The van der Waals surface area contributed by atoms with Gasteiger partial charge in [-0.1, -0.05) is 60.3 Å². The number of aliphatic imine (C=N–C) groups is 2. The number of nitrogens with zero attached hydrogens (tertiary/aromatic N) is 5. The second-order valence-electron chi connectivity index (χ2n) is 10.4. The number of fused-ring (bicyclic) bond motifs is 3. The molecule has 3 amide bonds. The van der Waals surface area contributed by atoms with Crippen molar-refractivity contribution in [2.24, 2.45) is 9.98 Å². The number of thioether (sulfide) groups is 1. The number of nitrogens with one attached hydrogen (secondary N) is 1. The summed E-state index contributed by atoms with van der Waals surface area (Å²) in [5.74, 6) is 0.255. The lowest BCUT2D eigenvalue weighted by atomic mass is 10.1. The van der Waals surface area contributed by atoms with Gasteiger partial charge in [0.15, 0.2) is 5.17 Å². The van der Waals surface area contributed by atoms with Gasteiger partial charge in [-0.05, 0) is 49.2 Å². The predicted molar refractivity (Wildman–Crippen MR) is 167 cm³/mol. The van der Waals surface area contributed by atoms with Crippen LogP contribution in [0.15, 0.2) is 88.8 Å². The summed E-state index contributed by atoms with van der Waals surface area (Å²) in [5.41, 5.74) is 4.36. The van der Waals surface area contributed by atoms with Gasteiger partial charge in [-0.2, -0.15) is 0 Å². The highest BCUT2D eigenvalue weighted by molar-refractivity contribution is 8.14. The maximum atomic E-state index is 13.6. The van der Waals surface area contributed by atoms with Crippen LogP contribution in [0.1, 0.15) is 24.0 Å². The van der Waals surface area contributed by atoms with Crippen LogP contribution < -0.4 is 10.2 Å². The lowest BCUT2D eigenvalue weighted by Crippen LogP contribution is -2.49. The Kier molecular flexibility index (Phi) is 8.05. The molecule has 10 heteroatoms. The third-order valence-electron chi connectivity index (χ3n) is 7.68. The van der Waals surface area contributed by atoms with E-state index in [4.69, 9.17) is 9.98 Å². The van der Waals surface area contributed by atoms with Crippen LogP contribution in [0.3, 0.4) is 0 Å². The second-order valence-corrected chi connectivity index (χ2v) is 11.4. The van der Waals surface area contributed by atoms with Gasteiger partial charge < -0.3 is 15.1 Å². The zero-order valence-electron chi connectivity index (χ0n) is 23.4. The molecular weight excluding hydrogens is 548 g/mol. The van der Waals surface area contributed by atoms with E-state index in [1.165, 1.54) is 16.7 Å². The normalized spacial score (nSPS) is 17.8. The Morgan fingerprint density at radius 3 is 2.43 bits per heavy atom. The molecule has 0 aliphatic carbocycles.